The lowest BCUT2D eigenvalue weighted by atomic mass is 10.1. The Morgan fingerprint density at radius 3 is 2.86 bits per heavy atom. The lowest BCUT2D eigenvalue weighted by Crippen LogP contribution is -2.14. The predicted octanol–water partition coefficient (Wildman–Crippen LogP) is 2.42. The number of aromatic nitrogens is 2. The van der Waals surface area contributed by atoms with Gasteiger partial charge in [0.2, 0.25) is 6.41 Å². The molecule has 3 rings (SSSR count). The van der Waals surface area contributed by atoms with Crippen molar-refractivity contribution in [3.63, 3.8) is 0 Å². The molecule has 0 fully saturated rings. The quantitative estimate of drug-likeness (QED) is 0.607. The lowest BCUT2D eigenvalue weighted by Gasteiger charge is -2.09. The van der Waals surface area contributed by atoms with E-state index < -0.39 is 0 Å². The van der Waals surface area contributed by atoms with Gasteiger partial charge in [-0.1, -0.05) is 18.2 Å². The topological polar surface area (TPSA) is 69.8 Å². The number of carbonyl (C=O) groups is 1. The molecule has 106 valence electrons. The third-order valence-corrected chi connectivity index (χ3v) is 3.40. The van der Waals surface area contributed by atoms with Crippen molar-refractivity contribution in [1.82, 2.24) is 15.3 Å². The Hall–Kier alpha value is -2.66. The summed E-state index contributed by atoms with van der Waals surface area (Å²) in [5.74, 6) is 0. The van der Waals surface area contributed by atoms with E-state index in [1.54, 1.807) is 6.20 Å². The molecule has 0 saturated carbocycles. The highest BCUT2D eigenvalue weighted by atomic mass is 16.1. The summed E-state index contributed by atoms with van der Waals surface area (Å²) in [6.45, 7) is 1.42. The molecular formula is C16H16N4O. The molecule has 2 heterocycles. The maximum Gasteiger partial charge on any atom is 0.211 e. The van der Waals surface area contributed by atoms with Gasteiger partial charge < -0.3 is 15.6 Å². The van der Waals surface area contributed by atoms with Gasteiger partial charge >= 0.3 is 0 Å². The fourth-order valence-electron chi connectivity index (χ4n) is 2.37. The van der Waals surface area contributed by atoms with Gasteiger partial charge in [0.25, 0.3) is 0 Å². The Morgan fingerprint density at radius 1 is 1.10 bits per heavy atom. The van der Waals surface area contributed by atoms with E-state index in [9.17, 15) is 4.79 Å². The van der Waals surface area contributed by atoms with Crippen LogP contribution in [0.15, 0.2) is 48.8 Å². The Labute approximate surface area is 122 Å². The number of amides is 1. The van der Waals surface area contributed by atoms with E-state index in [1.165, 1.54) is 5.56 Å². The molecule has 0 unspecified atom stereocenters. The van der Waals surface area contributed by atoms with Crippen molar-refractivity contribution in [2.24, 2.45) is 0 Å². The molecule has 0 bridgehead atoms. The largest absolute Gasteiger partial charge is 0.346 e. The fourth-order valence-corrected chi connectivity index (χ4v) is 2.37. The van der Waals surface area contributed by atoms with Crippen LogP contribution in [0.1, 0.15) is 11.1 Å². The third kappa shape index (κ3) is 2.93. The van der Waals surface area contributed by atoms with Crippen molar-refractivity contribution < 1.29 is 4.79 Å². The number of hydrogen-bond acceptors (Lipinski definition) is 3. The number of anilines is 1. The van der Waals surface area contributed by atoms with Crippen molar-refractivity contribution in [3.8, 4) is 0 Å². The monoisotopic (exact) mass is 280 g/mol. The van der Waals surface area contributed by atoms with E-state index in [-0.39, 0.29) is 0 Å². The number of fused-ring (bicyclic) bond motifs is 1. The molecule has 3 aromatic rings. The first-order chi connectivity index (χ1) is 10.4. The molecule has 0 aliphatic carbocycles. The van der Waals surface area contributed by atoms with Crippen molar-refractivity contribution in [2.75, 3.05) is 5.32 Å². The summed E-state index contributed by atoms with van der Waals surface area (Å²) in [7, 11) is 0. The highest BCUT2D eigenvalue weighted by Crippen LogP contribution is 2.17. The van der Waals surface area contributed by atoms with Crippen LogP contribution in [0.25, 0.3) is 11.0 Å². The predicted molar refractivity (Wildman–Crippen MR) is 82.8 cm³/mol. The standard InChI is InChI=1S/C16H16N4O/c21-11-20-15-6-2-1-4-12(15)8-17-9-13-10-19-16-14(13)5-3-7-18-16/h1-7,10-11,17H,8-9H2,(H,18,19)(H,20,21). The summed E-state index contributed by atoms with van der Waals surface area (Å²) in [6.07, 6.45) is 4.45. The molecule has 0 atom stereocenters. The Bertz CT molecular complexity index is 751. The number of nitrogens with zero attached hydrogens (tertiary/aromatic N) is 1. The average molecular weight is 280 g/mol. The van der Waals surface area contributed by atoms with Gasteiger partial charge in [-0.15, -0.1) is 0 Å². The zero-order valence-electron chi connectivity index (χ0n) is 11.5. The molecule has 2 aromatic heterocycles. The maximum absolute atomic E-state index is 10.6. The first-order valence-electron chi connectivity index (χ1n) is 6.78. The molecule has 0 spiro atoms. The summed E-state index contributed by atoms with van der Waals surface area (Å²) in [4.78, 5) is 18.0. The van der Waals surface area contributed by atoms with Crippen LogP contribution in [0.2, 0.25) is 0 Å². The lowest BCUT2D eigenvalue weighted by molar-refractivity contribution is -0.105. The van der Waals surface area contributed by atoms with E-state index >= 15 is 0 Å². The Kier molecular flexibility index (Phi) is 3.93. The van der Waals surface area contributed by atoms with E-state index in [2.05, 4.69) is 26.7 Å². The smallest absolute Gasteiger partial charge is 0.211 e. The first kappa shape index (κ1) is 13.3. The van der Waals surface area contributed by atoms with Crippen molar-refractivity contribution >= 4 is 23.1 Å². The second kappa shape index (κ2) is 6.19. The molecule has 0 radical (unpaired) electrons. The van der Waals surface area contributed by atoms with Crippen LogP contribution in [0.3, 0.4) is 0 Å². The summed E-state index contributed by atoms with van der Waals surface area (Å²) >= 11 is 0. The maximum atomic E-state index is 10.6. The van der Waals surface area contributed by atoms with Gasteiger partial charge in [-0.05, 0) is 29.3 Å². The second-order valence-corrected chi connectivity index (χ2v) is 4.74. The molecule has 3 N–H and O–H groups in total. The van der Waals surface area contributed by atoms with Gasteiger partial charge in [0.05, 0.1) is 0 Å². The van der Waals surface area contributed by atoms with Gasteiger partial charge in [0.15, 0.2) is 0 Å². The number of hydrogen-bond donors (Lipinski definition) is 3. The number of aromatic amines is 1. The molecular weight excluding hydrogens is 264 g/mol. The normalized spacial score (nSPS) is 10.7. The summed E-state index contributed by atoms with van der Waals surface area (Å²) in [5, 5.41) is 7.23. The number of para-hydroxylation sites is 1. The summed E-state index contributed by atoms with van der Waals surface area (Å²) in [5.41, 5.74) is 3.97. The molecule has 21 heavy (non-hydrogen) atoms. The van der Waals surface area contributed by atoms with E-state index in [4.69, 9.17) is 0 Å². The minimum atomic E-state index is 0.684. The summed E-state index contributed by atoms with van der Waals surface area (Å²) in [6, 6.07) is 11.7. The molecule has 1 aromatic carbocycles. The highest BCUT2D eigenvalue weighted by molar-refractivity contribution is 5.79. The zero-order valence-corrected chi connectivity index (χ0v) is 11.5. The van der Waals surface area contributed by atoms with Crippen molar-refractivity contribution in [3.05, 3.63) is 59.9 Å². The number of carbonyl (C=O) groups excluding carboxylic acids is 1. The number of nitrogens with one attached hydrogen (secondary N) is 3. The molecule has 1 amide bonds. The van der Waals surface area contributed by atoms with Crippen LogP contribution in [-0.2, 0) is 17.9 Å². The number of rotatable bonds is 6. The van der Waals surface area contributed by atoms with E-state index in [0.717, 1.165) is 28.8 Å². The van der Waals surface area contributed by atoms with Gasteiger partial charge in [0, 0.05) is 36.6 Å². The van der Waals surface area contributed by atoms with E-state index in [0.29, 0.717) is 13.0 Å². The highest BCUT2D eigenvalue weighted by Gasteiger charge is 2.04. The van der Waals surface area contributed by atoms with Crippen molar-refractivity contribution in [1.29, 1.82) is 0 Å². The van der Waals surface area contributed by atoms with Crippen LogP contribution < -0.4 is 10.6 Å². The van der Waals surface area contributed by atoms with Crippen LogP contribution in [0.4, 0.5) is 5.69 Å². The molecule has 0 aliphatic rings. The Morgan fingerprint density at radius 2 is 1.95 bits per heavy atom. The van der Waals surface area contributed by atoms with Gasteiger partial charge in [-0.2, -0.15) is 0 Å². The molecule has 0 aliphatic heterocycles. The van der Waals surface area contributed by atoms with Crippen LogP contribution in [0, 0.1) is 0 Å². The number of pyridine rings is 1. The second-order valence-electron chi connectivity index (χ2n) is 4.74. The molecule has 0 saturated heterocycles. The molecule has 5 heteroatoms. The first-order valence-corrected chi connectivity index (χ1v) is 6.78. The Balaban J connectivity index is 1.67. The van der Waals surface area contributed by atoms with Crippen LogP contribution in [-0.4, -0.2) is 16.4 Å². The fraction of sp³-hybridized carbons (Fsp3) is 0.125. The molecule has 5 nitrogen and oxygen atoms in total. The number of H-pyrrole nitrogens is 1. The zero-order chi connectivity index (χ0) is 14.5. The van der Waals surface area contributed by atoms with Gasteiger partial charge in [0.1, 0.15) is 5.65 Å². The number of benzene rings is 1. The van der Waals surface area contributed by atoms with Gasteiger partial charge in [-0.3, -0.25) is 4.79 Å². The minimum absolute atomic E-state index is 0.684. The van der Waals surface area contributed by atoms with Crippen molar-refractivity contribution in [2.45, 2.75) is 13.1 Å². The van der Waals surface area contributed by atoms with Gasteiger partial charge in [-0.25, -0.2) is 4.98 Å². The third-order valence-electron chi connectivity index (χ3n) is 3.40. The minimum Gasteiger partial charge on any atom is -0.346 e. The SMILES string of the molecule is O=CNc1ccccc1CNCc1c[nH]c2ncccc12. The summed E-state index contributed by atoms with van der Waals surface area (Å²) < 4.78 is 0. The van der Waals surface area contributed by atoms with E-state index in [1.807, 2.05) is 36.5 Å². The van der Waals surface area contributed by atoms with Crippen LogP contribution in [0.5, 0.6) is 0 Å². The average Bonchev–Trinajstić information content (AvgIpc) is 2.93. The van der Waals surface area contributed by atoms with Crippen LogP contribution >= 0.6 is 0 Å².